The zero-order chi connectivity index (χ0) is 13.1. The molecule has 2 aromatic heterocycles. The molecular formula is C12H9N5OS. The van der Waals surface area contributed by atoms with Crippen LogP contribution in [0.1, 0.15) is 10.6 Å². The number of nitrogens with zero attached hydrogens (tertiary/aromatic N) is 3. The van der Waals surface area contributed by atoms with Gasteiger partial charge in [0.2, 0.25) is 5.82 Å². The summed E-state index contributed by atoms with van der Waals surface area (Å²) in [7, 11) is 0. The number of rotatable bonds is 3. The predicted molar refractivity (Wildman–Crippen MR) is 71.9 cm³/mol. The van der Waals surface area contributed by atoms with Crippen molar-refractivity contribution >= 4 is 22.9 Å². The third kappa shape index (κ3) is 2.50. The van der Waals surface area contributed by atoms with Crippen molar-refractivity contribution in [2.24, 2.45) is 0 Å². The van der Waals surface area contributed by atoms with Crippen molar-refractivity contribution in [3.05, 3.63) is 48.0 Å². The van der Waals surface area contributed by atoms with Gasteiger partial charge in [0.15, 0.2) is 0 Å². The van der Waals surface area contributed by atoms with Gasteiger partial charge < -0.3 is 5.32 Å². The van der Waals surface area contributed by atoms with Crippen molar-refractivity contribution in [2.45, 2.75) is 0 Å². The lowest BCUT2D eigenvalue weighted by Crippen LogP contribution is -2.13. The number of anilines is 1. The standard InChI is InChI=1S/C12H9N5OS/c18-11(10-14-7-15-17-10)16-9-3-1-8(2-4-9)12-13-5-6-19-12/h1-7H,(H,16,18)(H,14,15,17). The first-order valence-electron chi connectivity index (χ1n) is 5.49. The van der Waals surface area contributed by atoms with Crippen molar-refractivity contribution in [3.63, 3.8) is 0 Å². The number of hydrogen-bond acceptors (Lipinski definition) is 5. The van der Waals surface area contributed by atoms with E-state index >= 15 is 0 Å². The van der Waals surface area contributed by atoms with Crippen LogP contribution in [0.5, 0.6) is 0 Å². The third-order valence-corrected chi connectivity index (χ3v) is 3.27. The summed E-state index contributed by atoms with van der Waals surface area (Å²) >= 11 is 1.57. The van der Waals surface area contributed by atoms with Gasteiger partial charge in [0.1, 0.15) is 11.3 Å². The molecule has 0 fully saturated rings. The van der Waals surface area contributed by atoms with E-state index in [-0.39, 0.29) is 11.7 Å². The maximum atomic E-state index is 11.7. The molecule has 0 saturated heterocycles. The Hall–Kier alpha value is -2.54. The number of carbonyl (C=O) groups is 1. The molecule has 3 rings (SSSR count). The molecule has 0 radical (unpaired) electrons. The molecule has 2 heterocycles. The number of amides is 1. The van der Waals surface area contributed by atoms with Crippen molar-refractivity contribution in [3.8, 4) is 10.6 Å². The average molecular weight is 271 g/mol. The zero-order valence-corrected chi connectivity index (χ0v) is 10.5. The molecule has 94 valence electrons. The van der Waals surface area contributed by atoms with Gasteiger partial charge in [-0.3, -0.25) is 9.89 Å². The van der Waals surface area contributed by atoms with Crippen LogP contribution in [-0.4, -0.2) is 26.1 Å². The molecule has 7 heteroatoms. The van der Waals surface area contributed by atoms with E-state index in [4.69, 9.17) is 0 Å². The minimum Gasteiger partial charge on any atom is -0.319 e. The van der Waals surface area contributed by atoms with Crippen LogP contribution in [0.15, 0.2) is 42.2 Å². The van der Waals surface area contributed by atoms with Crippen LogP contribution in [0, 0.1) is 0 Å². The van der Waals surface area contributed by atoms with Crippen molar-refractivity contribution in [1.82, 2.24) is 20.2 Å². The molecule has 0 unspecified atom stereocenters. The van der Waals surface area contributed by atoms with E-state index in [0.717, 1.165) is 10.6 Å². The summed E-state index contributed by atoms with van der Waals surface area (Å²) in [6.07, 6.45) is 3.06. The summed E-state index contributed by atoms with van der Waals surface area (Å²) in [5.74, 6) is -0.136. The molecule has 1 amide bonds. The Labute approximate surface area is 112 Å². The van der Waals surface area contributed by atoms with Gasteiger partial charge in [0.05, 0.1) is 0 Å². The minimum atomic E-state index is -0.320. The smallest absolute Gasteiger partial charge is 0.292 e. The molecule has 0 aliphatic carbocycles. The molecule has 3 aromatic rings. The Kier molecular flexibility index (Phi) is 3.03. The molecule has 0 aliphatic rings. The Bertz CT molecular complexity index is 661. The number of H-pyrrole nitrogens is 1. The number of aromatic nitrogens is 4. The molecule has 0 saturated carbocycles. The lowest BCUT2D eigenvalue weighted by atomic mass is 10.2. The maximum Gasteiger partial charge on any atom is 0.292 e. The van der Waals surface area contributed by atoms with Gasteiger partial charge in [-0.2, -0.15) is 5.10 Å². The quantitative estimate of drug-likeness (QED) is 0.764. The molecule has 0 spiro atoms. The lowest BCUT2D eigenvalue weighted by molar-refractivity contribution is 0.101. The highest BCUT2D eigenvalue weighted by molar-refractivity contribution is 7.13. The Morgan fingerprint density at radius 2 is 2.05 bits per heavy atom. The van der Waals surface area contributed by atoms with Gasteiger partial charge in [-0.1, -0.05) is 0 Å². The van der Waals surface area contributed by atoms with E-state index in [9.17, 15) is 4.79 Å². The average Bonchev–Trinajstić information content (AvgIpc) is 3.13. The van der Waals surface area contributed by atoms with Gasteiger partial charge in [-0.05, 0) is 24.3 Å². The van der Waals surface area contributed by atoms with Gasteiger partial charge in [0.25, 0.3) is 5.91 Å². The highest BCUT2D eigenvalue weighted by Gasteiger charge is 2.08. The van der Waals surface area contributed by atoms with Crippen LogP contribution in [0.2, 0.25) is 0 Å². The fourth-order valence-corrected chi connectivity index (χ4v) is 2.21. The molecule has 0 aliphatic heterocycles. The summed E-state index contributed by atoms with van der Waals surface area (Å²) in [4.78, 5) is 19.7. The summed E-state index contributed by atoms with van der Waals surface area (Å²) < 4.78 is 0. The number of carbonyl (C=O) groups excluding carboxylic acids is 1. The van der Waals surface area contributed by atoms with E-state index in [0.29, 0.717) is 5.69 Å². The van der Waals surface area contributed by atoms with E-state index in [2.05, 4.69) is 25.5 Å². The van der Waals surface area contributed by atoms with Crippen molar-refractivity contribution < 1.29 is 4.79 Å². The second kappa shape index (κ2) is 4.99. The van der Waals surface area contributed by atoms with E-state index in [1.54, 1.807) is 17.5 Å². The van der Waals surface area contributed by atoms with Crippen LogP contribution >= 0.6 is 11.3 Å². The minimum absolute atomic E-state index is 0.184. The molecule has 2 N–H and O–H groups in total. The summed E-state index contributed by atoms with van der Waals surface area (Å²) in [6, 6.07) is 7.47. The van der Waals surface area contributed by atoms with Gasteiger partial charge in [-0.15, -0.1) is 11.3 Å². The molecular weight excluding hydrogens is 262 g/mol. The molecule has 6 nitrogen and oxygen atoms in total. The van der Waals surface area contributed by atoms with Gasteiger partial charge in [0, 0.05) is 22.8 Å². The highest BCUT2D eigenvalue weighted by Crippen LogP contribution is 2.23. The van der Waals surface area contributed by atoms with Crippen LogP contribution in [0.3, 0.4) is 0 Å². The first-order valence-corrected chi connectivity index (χ1v) is 6.37. The van der Waals surface area contributed by atoms with Crippen LogP contribution < -0.4 is 5.32 Å². The fraction of sp³-hybridized carbons (Fsp3) is 0. The van der Waals surface area contributed by atoms with Crippen LogP contribution in [0.25, 0.3) is 10.6 Å². The Morgan fingerprint density at radius 1 is 1.21 bits per heavy atom. The van der Waals surface area contributed by atoms with Crippen LogP contribution in [-0.2, 0) is 0 Å². The molecule has 1 aromatic carbocycles. The zero-order valence-electron chi connectivity index (χ0n) is 9.70. The Morgan fingerprint density at radius 3 is 2.68 bits per heavy atom. The van der Waals surface area contributed by atoms with E-state index in [1.807, 2.05) is 29.6 Å². The SMILES string of the molecule is O=C(Nc1ccc(-c2nccs2)cc1)c1ncn[nH]1. The predicted octanol–water partition coefficient (Wildman–Crippen LogP) is 2.18. The van der Waals surface area contributed by atoms with Crippen molar-refractivity contribution in [2.75, 3.05) is 5.32 Å². The summed E-state index contributed by atoms with van der Waals surface area (Å²) in [5, 5.41) is 11.7. The van der Waals surface area contributed by atoms with Crippen molar-refractivity contribution in [1.29, 1.82) is 0 Å². The molecule has 0 atom stereocenters. The van der Waals surface area contributed by atoms with E-state index < -0.39 is 0 Å². The fourth-order valence-electron chi connectivity index (χ4n) is 1.57. The van der Waals surface area contributed by atoms with Gasteiger partial charge in [-0.25, -0.2) is 9.97 Å². The van der Waals surface area contributed by atoms with Crippen LogP contribution in [0.4, 0.5) is 5.69 Å². The number of benzene rings is 1. The maximum absolute atomic E-state index is 11.7. The Balaban J connectivity index is 1.75. The van der Waals surface area contributed by atoms with Gasteiger partial charge >= 0.3 is 0 Å². The second-order valence-corrected chi connectivity index (χ2v) is 4.60. The molecule has 19 heavy (non-hydrogen) atoms. The highest BCUT2D eigenvalue weighted by atomic mass is 32.1. The number of hydrogen-bond donors (Lipinski definition) is 2. The normalized spacial score (nSPS) is 10.3. The molecule has 0 bridgehead atoms. The topological polar surface area (TPSA) is 83.6 Å². The number of nitrogens with one attached hydrogen (secondary N) is 2. The van der Waals surface area contributed by atoms with E-state index in [1.165, 1.54) is 6.33 Å². The first-order chi connectivity index (χ1) is 9.33. The first kappa shape index (κ1) is 11.5. The summed E-state index contributed by atoms with van der Waals surface area (Å²) in [6.45, 7) is 0. The lowest BCUT2D eigenvalue weighted by Gasteiger charge is -2.03. The largest absolute Gasteiger partial charge is 0.319 e. The summed E-state index contributed by atoms with van der Waals surface area (Å²) in [5.41, 5.74) is 1.72. The number of thiazole rings is 1. The third-order valence-electron chi connectivity index (χ3n) is 2.45. The second-order valence-electron chi connectivity index (χ2n) is 3.70. The number of aromatic amines is 1. The monoisotopic (exact) mass is 271 g/mol.